The van der Waals surface area contributed by atoms with Gasteiger partial charge in [-0.1, -0.05) is 53.4 Å². The number of thioether (sulfide) groups is 2. The number of anilines is 1. The number of hydrogen-bond acceptors (Lipinski definition) is 9. The van der Waals surface area contributed by atoms with Gasteiger partial charge in [-0.25, -0.2) is 0 Å². The van der Waals surface area contributed by atoms with E-state index in [1.165, 1.54) is 23.1 Å². The van der Waals surface area contributed by atoms with Gasteiger partial charge >= 0.3 is 0 Å². The van der Waals surface area contributed by atoms with Crippen LogP contribution >= 0.6 is 46.5 Å². The number of amides is 1. The molecule has 29 heavy (non-hydrogen) atoms. The Morgan fingerprint density at radius 2 is 1.93 bits per heavy atom. The van der Waals surface area contributed by atoms with Crippen molar-refractivity contribution in [2.45, 2.75) is 16.3 Å². The van der Waals surface area contributed by atoms with E-state index in [2.05, 4.69) is 30.8 Å². The van der Waals surface area contributed by atoms with Gasteiger partial charge in [0.05, 0.1) is 5.75 Å². The van der Waals surface area contributed by atoms with Gasteiger partial charge in [0, 0.05) is 10.6 Å². The van der Waals surface area contributed by atoms with Gasteiger partial charge in [0.2, 0.25) is 11.0 Å². The summed E-state index contributed by atoms with van der Waals surface area (Å²) in [5.41, 5.74) is 1.48. The Kier molecular flexibility index (Phi) is 6.28. The fraction of sp³-hybridized carbons (Fsp3) is 0.176. The number of nitrogens with zero attached hydrogens (tertiary/aromatic N) is 6. The molecule has 0 saturated carbocycles. The highest BCUT2D eigenvalue weighted by molar-refractivity contribution is 8.01. The van der Waals surface area contributed by atoms with Crippen LogP contribution in [-0.2, 0) is 4.79 Å². The summed E-state index contributed by atoms with van der Waals surface area (Å²) in [5.74, 6) is 1.56. The lowest BCUT2D eigenvalue weighted by Crippen LogP contribution is -2.14. The lowest BCUT2D eigenvalue weighted by atomic mass is 10.2. The molecule has 0 aliphatic rings. The van der Waals surface area contributed by atoms with E-state index >= 15 is 0 Å². The maximum absolute atomic E-state index is 12.2. The summed E-state index contributed by atoms with van der Waals surface area (Å²) in [7, 11) is 0. The third kappa shape index (κ3) is 4.86. The van der Waals surface area contributed by atoms with E-state index in [1.54, 1.807) is 28.4 Å². The Morgan fingerprint density at radius 3 is 2.72 bits per heavy atom. The standard InChI is InChI=1S/C17H14ClN7OS3/c1-2-27-17-23-22-16(29-17)19-13(26)9-28-14-8-7-12-20-21-15(25(12)24-14)10-3-5-11(18)6-4-10/h3-8H,2,9H2,1H3,(H,19,22,26). The molecular weight excluding hydrogens is 450 g/mol. The molecule has 0 aliphatic heterocycles. The topological polar surface area (TPSA) is 98.0 Å². The molecule has 0 spiro atoms. The summed E-state index contributed by atoms with van der Waals surface area (Å²) in [6, 6.07) is 10.9. The second-order valence-corrected chi connectivity index (χ2v) is 9.54. The number of fused-ring (bicyclic) bond motifs is 1. The highest BCUT2D eigenvalue weighted by atomic mass is 35.5. The van der Waals surface area contributed by atoms with Gasteiger partial charge in [0.15, 0.2) is 15.8 Å². The highest BCUT2D eigenvalue weighted by Gasteiger charge is 2.12. The molecule has 1 amide bonds. The molecule has 3 heterocycles. The molecule has 0 aliphatic carbocycles. The first-order chi connectivity index (χ1) is 14.1. The van der Waals surface area contributed by atoms with Crippen molar-refractivity contribution in [2.75, 3.05) is 16.8 Å². The van der Waals surface area contributed by atoms with Gasteiger partial charge in [-0.15, -0.1) is 20.4 Å². The zero-order valence-corrected chi connectivity index (χ0v) is 18.3. The molecule has 8 nitrogen and oxygen atoms in total. The van der Waals surface area contributed by atoms with E-state index in [4.69, 9.17) is 11.6 Å². The third-order valence-corrected chi connectivity index (χ3v) is 6.64. The van der Waals surface area contributed by atoms with Gasteiger partial charge in [-0.3, -0.25) is 10.1 Å². The minimum absolute atomic E-state index is 0.164. The molecule has 148 valence electrons. The maximum Gasteiger partial charge on any atom is 0.236 e. The van der Waals surface area contributed by atoms with Crippen LogP contribution < -0.4 is 5.32 Å². The number of benzene rings is 1. The molecule has 0 bridgehead atoms. The molecule has 0 saturated heterocycles. The fourth-order valence-corrected chi connectivity index (χ4v) is 4.81. The van der Waals surface area contributed by atoms with Gasteiger partial charge in [0.25, 0.3) is 0 Å². The Hall–Kier alpha value is -2.21. The average molecular weight is 464 g/mol. The second-order valence-electron chi connectivity index (χ2n) is 5.62. The van der Waals surface area contributed by atoms with Crippen molar-refractivity contribution in [3.05, 3.63) is 41.4 Å². The molecule has 4 rings (SSSR count). The van der Waals surface area contributed by atoms with Crippen LogP contribution in [0.25, 0.3) is 17.0 Å². The van der Waals surface area contributed by atoms with Crippen LogP contribution in [0.4, 0.5) is 5.13 Å². The smallest absolute Gasteiger partial charge is 0.236 e. The number of carbonyl (C=O) groups excluding carboxylic acids is 1. The van der Waals surface area contributed by atoms with E-state index in [0.29, 0.717) is 26.7 Å². The monoisotopic (exact) mass is 463 g/mol. The molecule has 0 radical (unpaired) electrons. The zero-order valence-electron chi connectivity index (χ0n) is 15.1. The van der Waals surface area contributed by atoms with Crippen molar-refractivity contribution < 1.29 is 4.79 Å². The summed E-state index contributed by atoms with van der Waals surface area (Å²) < 4.78 is 2.49. The van der Waals surface area contributed by atoms with Crippen molar-refractivity contribution in [1.82, 2.24) is 30.0 Å². The van der Waals surface area contributed by atoms with E-state index in [-0.39, 0.29) is 11.7 Å². The van der Waals surface area contributed by atoms with E-state index in [1.807, 2.05) is 31.2 Å². The van der Waals surface area contributed by atoms with Gasteiger partial charge < -0.3 is 0 Å². The van der Waals surface area contributed by atoms with Crippen molar-refractivity contribution in [1.29, 1.82) is 0 Å². The minimum atomic E-state index is -0.164. The second kappa shape index (κ2) is 9.08. The molecule has 12 heteroatoms. The fourth-order valence-electron chi connectivity index (χ4n) is 2.36. The van der Waals surface area contributed by atoms with Crippen molar-refractivity contribution in [3.8, 4) is 11.4 Å². The SMILES string of the molecule is CCSc1nnc(NC(=O)CSc2ccc3nnc(-c4ccc(Cl)cc4)n3n2)s1. The van der Waals surface area contributed by atoms with E-state index < -0.39 is 0 Å². The number of rotatable bonds is 7. The number of carbonyl (C=O) groups is 1. The molecular formula is C17H14ClN7OS3. The van der Waals surface area contributed by atoms with Crippen LogP contribution in [0.2, 0.25) is 5.02 Å². The lowest BCUT2D eigenvalue weighted by Gasteiger charge is -2.03. The largest absolute Gasteiger partial charge is 0.300 e. The number of aromatic nitrogens is 6. The van der Waals surface area contributed by atoms with E-state index in [9.17, 15) is 4.79 Å². The molecule has 0 fully saturated rings. The van der Waals surface area contributed by atoms with Gasteiger partial charge in [-0.2, -0.15) is 9.61 Å². The maximum atomic E-state index is 12.2. The van der Waals surface area contributed by atoms with Crippen LogP contribution in [0.15, 0.2) is 45.8 Å². The van der Waals surface area contributed by atoms with Crippen LogP contribution in [0.1, 0.15) is 6.92 Å². The summed E-state index contributed by atoms with van der Waals surface area (Å²) >= 11 is 10.2. The summed E-state index contributed by atoms with van der Waals surface area (Å²) in [5, 5.41) is 25.5. The van der Waals surface area contributed by atoms with Gasteiger partial charge in [0.1, 0.15) is 5.03 Å². The summed E-state index contributed by atoms with van der Waals surface area (Å²) in [6.07, 6.45) is 0. The molecule has 0 unspecified atom stereocenters. The summed E-state index contributed by atoms with van der Waals surface area (Å²) in [6.45, 7) is 2.04. The molecule has 0 atom stereocenters. The number of nitrogens with one attached hydrogen (secondary N) is 1. The van der Waals surface area contributed by atoms with Crippen molar-refractivity contribution in [3.63, 3.8) is 0 Å². The first-order valence-electron chi connectivity index (χ1n) is 8.49. The van der Waals surface area contributed by atoms with Crippen LogP contribution in [-0.4, -0.2) is 47.4 Å². The van der Waals surface area contributed by atoms with Crippen LogP contribution in [0.3, 0.4) is 0 Å². The number of halogens is 1. The quantitative estimate of drug-likeness (QED) is 0.322. The molecule has 1 aromatic carbocycles. The zero-order chi connectivity index (χ0) is 20.2. The molecule has 4 aromatic rings. The normalized spacial score (nSPS) is 11.1. The lowest BCUT2D eigenvalue weighted by molar-refractivity contribution is -0.113. The highest BCUT2D eigenvalue weighted by Crippen LogP contribution is 2.26. The van der Waals surface area contributed by atoms with Crippen LogP contribution in [0.5, 0.6) is 0 Å². The van der Waals surface area contributed by atoms with Crippen molar-refractivity contribution in [2.24, 2.45) is 0 Å². The Morgan fingerprint density at radius 1 is 1.10 bits per heavy atom. The Balaban J connectivity index is 1.44. The predicted octanol–water partition coefficient (Wildman–Crippen LogP) is 4.14. The minimum Gasteiger partial charge on any atom is -0.300 e. The summed E-state index contributed by atoms with van der Waals surface area (Å²) in [4.78, 5) is 12.2. The van der Waals surface area contributed by atoms with E-state index in [0.717, 1.165) is 15.7 Å². The molecule has 3 aromatic heterocycles. The van der Waals surface area contributed by atoms with Gasteiger partial charge in [-0.05, 0) is 42.2 Å². The predicted molar refractivity (Wildman–Crippen MR) is 117 cm³/mol. The van der Waals surface area contributed by atoms with Crippen LogP contribution in [0, 0.1) is 0 Å². The average Bonchev–Trinajstić information content (AvgIpc) is 3.34. The molecule has 1 N–H and O–H groups in total. The first-order valence-corrected chi connectivity index (χ1v) is 11.7. The first kappa shape index (κ1) is 20.1. The van der Waals surface area contributed by atoms with Crippen molar-refractivity contribution >= 4 is 63.1 Å². The number of hydrogen-bond donors (Lipinski definition) is 1. The third-order valence-electron chi connectivity index (χ3n) is 3.61. The Labute approximate surface area is 183 Å². The Bertz CT molecular complexity index is 1150.